The fourth-order valence-electron chi connectivity index (χ4n) is 4.37. The van der Waals surface area contributed by atoms with Gasteiger partial charge in [-0.1, -0.05) is 42.5 Å². The molecule has 1 N–H and O–H groups in total. The molecule has 2 aliphatic heterocycles. The molecule has 5 nitrogen and oxygen atoms in total. The van der Waals surface area contributed by atoms with E-state index in [0.29, 0.717) is 19.8 Å². The summed E-state index contributed by atoms with van der Waals surface area (Å²) >= 11 is 0. The Morgan fingerprint density at radius 2 is 1.83 bits per heavy atom. The molecule has 2 heterocycles. The van der Waals surface area contributed by atoms with Gasteiger partial charge in [0.05, 0.1) is 6.54 Å². The van der Waals surface area contributed by atoms with Gasteiger partial charge in [-0.25, -0.2) is 0 Å². The van der Waals surface area contributed by atoms with Gasteiger partial charge in [0.25, 0.3) is 0 Å². The monoisotopic (exact) mass is 388 g/mol. The van der Waals surface area contributed by atoms with E-state index in [-0.39, 0.29) is 11.9 Å². The number of fused-ring (bicyclic) bond motifs is 2. The molecule has 2 aliphatic rings. The maximum absolute atomic E-state index is 12.8. The first kappa shape index (κ1) is 18.0. The van der Waals surface area contributed by atoms with E-state index in [1.54, 1.807) is 0 Å². The van der Waals surface area contributed by atoms with Crippen LogP contribution in [-0.2, 0) is 4.79 Å². The molecule has 5 heteroatoms. The van der Waals surface area contributed by atoms with E-state index < -0.39 is 0 Å². The Balaban J connectivity index is 1.31. The largest absolute Gasteiger partial charge is 0.486 e. The highest BCUT2D eigenvalue weighted by molar-refractivity contribution is 6.02. The summed E-state index contributed by atoms with van der Waals surface area (Å²) in [6.45, 7) is 2.47. The number of rotatable bonds is 4. The molecule has 1 unspecified atom stereocenters. The van der Waals surface area contributed by atoms with Crippen molar-refractivity contribution in [1.82, 2.24) is 4.90 Å². The second kappa shape index (κ2) is 7.76. The first-order chi connectivity index (χ1) is 14.3. The Morgan fingerprint density at radius 1 is 1.00 bits per heavy atom. The Bertz CT molecular complexity index is 1040. The first-order valence-electron chi connectivity index (χ1n) is 10.2. The Hall–Kier alpha value is -3.05. The first-order valence-corrected chi connectivity index (χ1v) is 10.2. The molecule has 0 bridgehead atoms. The molecule has 0 spiro atoms. The maximum atomic E-state index is 12.8. The number of ether oxygens (including phenoxy) is 2. The van der Waals surface area contributed by atoms with Crippen LogP contribution < -0.4 is 14.8 Å². The highest BCUT2D eigenvalue weighted by Gasteiger charge is 2.28. The van der Waals surface area contributed by atoms with Gasteiger partial charge in [0, 0.05) is 17.1 Å². The summed E-state index contributed by atoms with van der Waals surface area (Å²) in [5.41, 5.74) is 2.05. The van der Waals surface area contributed by atoms with Crippen molar-refractivity contribution in [2.24, 2.45) is 0 Å². The van der Waals surface area contributed by atoms with Crippen LogP contribution in [0.2, 0.25) is 0 Å². The zero-order chi connectivity index (χ0) is 19.6. The highest BCUT2D eigenvalue weighted by Crippen LogP contribution is 2.38. The Labute approximate surface area is 170 Å². The summed E-state index contributed by atoms with van der Waals surface area (Å²) in [5, 5.41) is 5.30. The third-order valence-corrected chi connectivity index (χ3v) is 5.73. The number of benzene rings is 3. The second-order valence-corrected chi connectivity index (χ2v) is 7.61. The van der Waals surface area contributed by atoms with Crippen molar-refractivity contribution in [3.8, 4) is 11.5 Å². The molecule has 29 heavy (non-hydrogen) atoms. The van der Waals surface area contributed by atoms with E-state index in [9.17, 15) is 4.79 Å². The summed E-state index contributed by atoms with van der Waals surface area (Å²) in [6, 6.07) is 20.5. The highest BCUT2D eigenvalue weighted by atomic mass is 16.6. The van der Waals surface area contributed by atoms with Crippen LogP contribution in [0.4, 0.5) is 5.69 Å². The summed E-state index contributed by atoms with van der Waals surface area (Å²) in [6.07, 6.45) is 2.13. The van der Waals surface area contributed by atoms with Crippen LogP contribution in [0.5, 0.6) is 11.5 Å². The minimum absolute atomic E-state index is 0.0193. The van der Waals surface area contributed by atoms with Crippen molar-refractivity contribution in [3.05, 3.63) is 66.2 Å². The van der Waals surface area contributed by atoms with Crippen LogP contribution >= 0.6 is 0 Å². The summed E-state index contributed by atoms with van der Waals surface area (Å²) in [7, 11) is 0. The molecular weight excluding hydrogens is 364 g/mol. The molecule has 1 saturated heterocycles. The van der Waals surface area contributed by atoms with Gasteiger partial charge in [0.2, 0.25) is 5.91 Å². The molecule has 1 amide bonds. The van der Waals surface area contributed by atoms with Gasteiger partial charge in [0.1, 0.15) is 13.2 Å². The van der Waals surface area contributed by atoms with Crippen LogP contribution in [-0.4, -0.2) is 37.1 Å². The summed E-state index contributed by atoms with van der Waals surface area (Å²) in [4.78, 5) is 15.1. The van der Waals surface area contributed by atoms with E-state index in [4.69, 9.17) is 9.47 Å². The third-order valence-electron chi connectivity index (χ3n) is 5.73. The van der Waals surface area contributed by atoms with Gasteiger partial charge >= 0.3 is 0 Å². The predicted molar refractivity (Wildman–Crippen MR) is 114 cm³/mol. The number of anilines is 1. The number of carbonyl (C=O) groups excluding carboxylic acids is 1. The minimum atomic E-state index is 0.0193. The molecule has 0 aromatic heterocycles. The lowest BCUT2D eigenvalue weighted by atomic mass is 10.0. The smallest absolute Gasteiger partial charge is 0.238 e. The predicted octanol–water partition coefficient (Wildman–Crippen LogP) is 4.39. The number of nitrogens with zero attached hydrogens (tertiary/aromatic N) is 1. The third kappa shape index (κ3) is 3.66. The molecule has 148 valence electrons. The number of hydrogen-bond donors (Lipinski definition) is 1. The molecule has 1 atom stereocenters. The molecular formula is C24H24N2O3. The minimum Gasteiger partial charge on any atom is -0.486 e. The quantitative estimate of drug-likeness (QED) is 0.720. The zero-order valence-electron chi connectivity index (χ0n) is 16.3. The number of nitrogens with one attached hydrogen (secondary N) is 1. The lowest BCUT2D eigenvalue weighted by Gasteiger charge is -2.26. The van der Waals surface area contributed by atoms with E-state index >= 15 is 0 Å². The lowest BCUT2D eigenvalue weighted by molar-refractivity contribution is -0.117. The van der Waals surface area contributed by atoms with E-state index in [1.807, 2.05) is 36.4 Å². The van der Waals surface area contributed by atoms with Crippen LogP contribution in [0.1, 0.15) is 24.4 Å². The second-order valence-electron chi connectivity index (χ2n) is 7.61. The normalized spacial score (nSPS) is 18.7. The Kier molecular flexibility index (Phi) is 4.82. The molecule has 3 aromatic carbocycles. The lowest BCUT2D eigenvalue weighted by Crippen LogP contribution is -2.33. The number of amides is 1. The number of hydrogen-bond acceptors (Lipinski definition) is 4. The average molecular weight is 388 g/mol. The van der Waals surface area contributed by atoms with Crippen molar-refractivity contribution in [2.45, 2.75) is 18.9 Å². The number of carbonyl (C=O) groups is 1. The molecule has 5 rings (SSSR count). The standard InChI is InChI=1S/C24H24N2O3/c27-24(25-20-8-3-6-17-5-1-2-7-19(17)20)16-26-12-4-9-21(26)18-10-11-22-23(15-18)29-14-13-28-22/h1-3,5-8,10-11,15,21H,4,9,12-14,16H2,(H,25,27). The van der Waals surface area contributed by atoms with Crippen LogP contribution in [0.15, 0.2) is 60.7 Å². The van der Waals surface area contributed by atoms with Crippen molar-refractivity contribution in [3.63, 3.8) is 0 Å². The fraction of sp³-hybridized carbons (Fsp3) is 0.292. The summed E-state index contributed by atoms with van der Waals surface area (Å²) in [5.74, 6) is 1.63. The number of likely N-dealkylation sites (tertiary alicyclic amines) is 1. The molecule has 0 radical (unpaired) electrons. The molecule has 1 fully saturated rings. The van der Waals surface area contributed by atoms with Gasteiger partial charge in [0.15, 0.2) is 11.5 Å². The van der Waals surface area contributed by atoms with Crippen molar-refractivity contribution < 1.29 is 14.3 Å². The van der Waals surface area contributed by atoms with Crippen molar-refractivity contribution in [2.75, 3.05) is 31.6 Å². The topological polar surface area (TPSA) is 50.8 Å². The SMILES string of the molecule is O=C(CN1CCCC1c1ccc2c(c1)OCCO2)Nc1cccc2ccccc12. The maximum Gasteiger partial charge on any atom is 0.238 e. The van der Waals surface area contributed by atoms with E-state index in [1.165, 1.54) is 5.56 Å². The fourth-order valence-corrected chi connectivity index (χ4v) is 4.37. The van der Waals surface area contributed by atoms with Gasteiger partial charge in [-0.3, -0.25) is 9.69 Å². The molecule has 0 aliphatic carbocycles. The van der Waals surface area contributed by atoms with Crippen LogP contribution in [0.25, 0.3) is 10.8 Å². The van der Waals surface area contributed by atoms with E-state index in [2.05, 4.69) is 34.5 Å². The molecule has 0 saturated carbocycles. The molecule has 3 aromatic rings. The van der Waals surface area contributed by atoms with Gasteiger partial charge in [-0.05, 0) is 48.5 Å². The Morgan fingerprint density at radius 3 is 2.76 bits per heavy atom. The zero-order valence-corrected chi connectivity index (χ0v) is 16.3. The van der Waals surface area contributed by atoms with Gasteiger partial charge < -0.3 is 14.8 Å². The average Bonchev–Trinajstić information content (AvgIpc) is 3.21. The summed E-state index contributed by atoms with van der Waals surface area (Å²) < 4.78 is 11.4. The van der Waals surface area contributed by atoms with Crippen LogP contribution in [0.3, 0.4) is 0 Å². The van der Waals surface area contributed by atoms with E-state index in [0.717, 1.165) is 47.3 Å². The van der Waals surface area contributed by atoms with Gasteiger partial charge in [-0.15, -0.1) is 0 Å². The van der Waals surface area contributed by atoms with Crippen molar-refractivity contribution >= 4 is 22.4 Å². The van der Waals surface area contributed by atoms with Crippen LogP contribution in [0, 0.1) is 0 Å². The van der Waals surface area contributed by atoms with Crippen molar-refractivity contribution in [1.29, 1.82) is 0 Å². The van der Waals surface area contributed by atoms with Gasteiger partial charge in [-0.2, -0.15) is 0 Å².